The molecule has 0 atom stereocenters. The Morgan fingerprint density at radius 2 is 1.83 bits per heavy atom. The highest BCUT2D eigenvalue weighted by molar-refractivity contribution is 8.27. The molecule has 5 rings (SSSR count). The van der Waals surface area contributed by atoms with Gasteiger partial charge in [-0.2, -0.15) is 15.1 Å². The number of carbonyl (C=O) groups is 1. The predicted molar refractivity (Wildman–Crippen MR) is 137 cm³/mol. The summed E-state index contributed by atoms with van der Waals surface area (Å²) in [6, 6.07) is 13.8. The van der Waals surface area contributed by atoms with Crippen molar-refractivity contribution in [3.63, 3.8) is 0 Å². The van der Waals surface area contributed by atoms with Gasteiger partial charge in [0.2, 0.25) is 5.17 Å². The van der Waals surface area contributed by atoms with E-state index in [1.807, 2.05) is 45.0 Å². The molecule has 0 saturated heterocycles. The number of benzene rings is 2. The molecule has 2 aliphatic heterocycles. The fraction of sp³-hybridized carbons (Fsp3) is 0.154. The Morgan fingerprint density at radius 3 is 2.54 bits per heavy atom. The van der Waals surface area contributed by atoms with E-state index in [-0.39, 0.29) is 17.2 Å². The molecule has 2 aromatic carbocycles. The van der Waals surface area contributed by atoms with E-state index in [9.17, 15) is 9.18 Å². The first-order valence-electron chi connectivity index (χ1n) is 10.9. The van der Waals surface area contributed by atoms with Crippen LogP contribution in [0.25, 0.3) is 11.8 Å². The molecule has 7 nitrogen and oxygen atoms in total. The first kappa shape index (κ1) is 22.8. The van der Waals surface area contributed by atoms with Gasteiger partial charge in [0.15, 0.2) is 5.84 Å². The number of hydrazone groups is 1. The minimum Gasteiger partial charge on any atom is -0.495 e. The van der Waals surface area contributed by atoms with Crippen molar-refractivity contribution in [2.75, 3.05) is 7.11 Å². The first-order valence-corrected chi connectivity index (χ1v) is 11.7. The highest BCUT2D eigenvalue weighted by Gasteiger charge is 2.36. The van der Waals surface area contributed by atoms with Crippen molar-refractivity contribution in [1.82, 2.24) is 9.58 Å². The van der Waals surface area contributed by atoms with Crippen LogP contribution >= 0.6 is 11.8 Å². The number of aryl methyl sites for hydroxylation is 2. The third-order valence-corrected chi connectivity index (χ3v) is 6.85. The van der Waals surface area contributed by atoms with Crippen LogP contribution in [0.4, 0.5) is 4.39 Å². The van der Waals surface area contributed by atoms with Crippen LogP contribution in [0.15, 0.2) is 64.2 Å². The molecule has 3 aromatic rings. The molecule has 35 heavy (non-hydrogen) atoms. The average Bonchev–Trinajstić information content (AvgIpc) is 3.37. The maximum Gasteiger partial charge on any atom is 0.283 e. The quantitative estimate of drug-likeness (QED) is 0.512. The number of fused-ring (bicyclic) bond motifs is 1. The number of nitrogens with one attached hydrogen (secondary N) is 1. The smallest absolute Gasteiger partial charge is 0.283 e. The third-order valence-electron chi connectivity index (χ3n) is 5.89. The van der Waals surface area contributed by atoms with Crippen molar-refractivity contribution in [1.29, 1.82) is 5.41 Å². The van der Waals surface area contributed by atoms with Gasteiger partial charge in [-0.1, -0.05) is 6.07 Å². The molecule has 0 bridgehead atoms. The number of halogens is 1. The topological polar surface area (TPSA) is 83.0 Å². The Morgan fingerprint density at radius 1 is 1.09 bits per heavy atom. The van der Waals surface area contributed by atoms with E-state index in [1.54, 1.807) is 25.3 Å². The summed E-state index contributed by atoms with van der Waals surface area (Å²) >= 11 is 1.18. The van der Waals surface area contributed by atoms with Gasteiger partial charge in [-0.3, -0.25) is 10.2 Å². The number of hydrogen-bond donors (Lipinski definition) is 1. The monoisotopic (exact) mass is 487 g/mol. The number of methoxy groups -OCH3 is 1. The van der Waals surface area contributed by atoms with Gasteiger partial charge in [0, 0.05) is 17.0 Å². The number of amidine groups is 2. The van der Waals surface area contributed by atoms with Crippen LogP contribution in [-0.4, -0.2) is 38.6 Å². The highest BCUT2D eigenvalue weighted by Crippen LogP contribution is 2.33. The van der Waals surface area contributed by atoms with Gasteiger partial charge >= 0.3 is 0 Å². The lowest BCUT2D eigenvalue weighted by molar-refractivity contribution is -0.114. The maximum atomic E-state index is 13.3. The zero-order valence-electron chi connectivity index (χ0n) is 19.6. The third kappa shape index (κ3) is 3.97. The van der Waals surface area contributed by atoms with E-state index in [1.165, 1.54) is 28.9 Å². The van der Waals surface area contributed by atoms with Crippen molar-refractivity contribution in [3.8, 4) is 11.4 Å². The second-order valence-electron chi connectivity index (χ2n) is 8.27. The summed E-state index contributed by atoms with van der Waals surface area (Å²) < 4.78 is 20.9. The van der Waals surface area contributed by atoms with Gasteiger partial charge in [0.05, 0.1) is 18.4 Å². The summed E-state index contributed by atoms with van der Waals surface area (Å²) in [4.78, 5) is 17.1. The molecule has 2 aliphatic rings. The molecular weight excluding hydrogens is 465 g/mol. The minimum atomic E-state index is -0.498. The average molecular weight is 488 g/mol. The zero-order chi connectivity index (χ0) is 24.9. The molecule has 0 fully saturated rings. The van der Waals surface area contributed by atoms with Crippen molar-refractivity contribution in [2.24, 2.45) is 10.1 Å². The van der Waals surface area contributed by atoms with E-state index in [4.69, 9.17) is 10.1 Å². The number of carbonyl (C=O) groups excluding carboxylic acids is 1. The molecule has 0 saturated carbocycles. The van der Waals surface area contributed by atoms with E-state index in [0.717, 1.165) is 34.0 Å². The molecule has 9 heteroatoms. The number of aromatic nitrogens is 1. The molecule has 0 spiro atoms. The fourth-order valence-electron chi connectivity index (χ4n) is 4.14. The fourth-order valence-corrected chi connectivity index (χ4v) is 5.03. The molecule has 3 heterocycles. The van der Waals surface area contributed by atoms with Gasteiger partial charge < -0.3 is 9.30 Å². The van der Waals surface area contributed by atoms with Crippen molar-refractivity contribution >= 4 is 39.8 Å². The largest absolute Gasteiger partial charge is 0.495 e. The van der Waals surface area contributed by atoms with Gasteiger partial charge in [0.1, 0.15) is 16.6 Å². The lowest BCUT2D eigenvalue weighted by Crippen LogP contribution is -2.35. The van der Waals surface area contributed by atoms with Crippen molar-refractivity contribution in [2.45, 2.75) is 20.8 Å². The van der Waals surface area contributed by atoms with Crippen LogP contribution in [0.2, 0.25) is 0 Å². The Balaban J connectivity index is 1.53. The summed E-state index contributed by atoms with van der Waals surface area (Å²) in [5.74, 6) is -0.157. The standard InChI is InChI=1S/C26H22FN5O2S/c1-14-5-10-22(34-4)21(11-14)31-15(2)12-18(16(31)3)13-20-23(28)32-26(29-24(20)33)35-25(30-32)17-6-8-19(27)9-7-17/h5-13,28H,1-4H3. The first-order chi connectivity index (χ1) is 16.8. The van der Waals surface area contributed by atoms with Crippen LogP contribution in [0.1, 0.15) is 28.1 Å². The van der Waals surface area contributed by atoms with Crippen LogP contribution in [0.3, 0.4) is 0 Å². The highest BCUT2D eigenvalue weighted by atomic mass is 32.2. The number of aliphatic imine (C=N–C) groups is 1. The summed E-state index contributed by atoms with van der Waals surface area (Å²) in [5, 5.41) is 15.3. The molecule has 0 aliphatic carbocycles. The van der Waals surface area contributed by atoms with Crippen LogP contribution in [-0.2, 0) is 4.79 Å². The van der Waals surface area contributed by atoms with Gasteiger partial charge in [-0.25, -0.2) is 4.39 Å². The normalized spacial score (nSPS) is 16.5. The predicted octanol–water partition coefficient (Wildman–Crippen LogP) is 5.22. The number of rotatable bonds is 4. The van der Waals surface area contributed by atoms with Crippen LogP contribution in [0, 0.1) is 32.0 Å². The summed E-state index contributed by atoms with van der Waals surface area (Å²) in [5.41, 5.74) is 5.51. The molecule has 1 aromatic heterocycles. The molecule has 1 N–H and O–H groups in total. The second kappa shape index (κ2) is 8.66. The lowest BCUT2D eigenvalue weighted by atomic mass is 10.1. The number of amides is 1. The Hall–Kier alpha value is -3.98. The Bertz CT molecular complexity index is 1480. The minimum absolute atomic E-state index is 0.0532. The molecule has 0 radical (unpaired) electrons. The molecule has 176 valence electrons. The Labute approximate surface area is 206 Å². The number of ether oxygens (including phenoxy) is 1. The van der Waals surface area contributed by atoms with E-state index in [2.05, 4.69) is 14.7 Å². The maximum absolute atomic E-state index is 13.3. The Kier molecular flexibility index (Phi) is 5.64. The number of nitrogens with zero attached hydrogens (tertiary/aromatic N) is 4. The number of hydrogen-bond acceptors (Lipinski definition) is 5. The molecule has 1 amide bonds. The number of thioether (sulfide) groups is 1. The van der Waals surface area contributed by atoms with Crippen LogP contribution in [0.5, 0.6) is 5.75 Å². The van der Waals surface area contributed by atoms with Gasteiger partial charge in [-0.05, 0) is 92.2 Å². The van der Waals surface area contributed by atoms with Gasteiger partial charge in [0.25, 0.3) is 5.91 Å². The summed E-state index contributed by atoms with van der Waals surface area (Å²) in [6.07, 6.45) is 1.68. The van der Waals surface area contributed by atoms with Crippen molar-refractivity contribution in [3.05, 3.63) is 88.0 Å². The second-order valence-corrected chi connectivity index (χ2v) is 9.23. The molecular formula is C26H22FN5O2S. The SMILES string of the molecule is COc1ccc(C)cc1-n1c(C)cc(C=C2C(=N)N3N=C(c4ccc(F)cc4)SC3=NC2=O)c1C. The van der Waals surface area contributed by atoms with E-state index >= 15 is 0 Å². The zero-order valence-corrected chi connectivity index (χ0v) is 20.4. The molecule has 0 unspecified atom stereocenters. The van der Waals surface area contributed by atoms with Gasteiger partial charge in [-0.15, -0.1) is 0 Å². The van der Waals surface area contributed by atoms with Crippen LogP contribution < -0.4 is 4.74 Å². The lowest BCUT2D eigenvalue weighted by Gasteiger charge is -2.20. The summed E-state index contributed by atoms with van der Waals surface area (Å²) in [6.45, 7) is 5.97. The van der Waals surface area contributed by atoms with E-state index < -0.39 is 5.91 Å². The van der Waals surface area contributed by atoms with Crippen molar-refractivity contribution < 1.29 is 13.9 Å². The van der Waals surface area contributed by atoms with E-state index in [0.29, 0.717) is 15.8 Å². The summed E-state index contributed by atoms with van der Waals surface area (Å²) in [7, 11) is 1.64.